The van der Waals surface area contributed by atoms with Gasteiger partial charge in [0, 0.05) is 12.5 Å². The van der Waals surface area contributed by atoms with Crippen LogP contribution in [0, 0.1) is 34.5 Å². The number of aliphatic hydroxyl groups is 2. The van der Waals surface area contributed by atoms with Crippen LogP contribution in [0.25, 0.3) is 0 Å². The van der Waals surface area contributed by atoms with Crippen molar-refractivity contribution in [3.63, 3.8) is 0 Å². The highest BCUT2D eigenvalue weighted by Crippen LogP contribution is 2.65. The predicted octanol–water partition coefficient (Wildman–Crippen LogP) is 4.47. The molecule has 0 spiro atoms. The quantitative estimate of drug-likeness (QED) is 0.733. The van der Waals surface area contributed by atoms with Crippen molar-refractivity contribution in [2.45, 2.75) is 71.8 Å². The van der Waals surface area contributed by atoms with Crippen molar-refractivity contribution in [2.24, 2.45) is 34.5 Å². The van der Waals surface area contributed by atoms with E-state index < -0.39 is 0 Å². The largest absolute Gasteiger partial charge is 0.396 e. The zero-order valence-corrected chi connectivity index (χ0v) is 15.6. The topological polar surface area (TPSA) is 40.5 Å². The summed E-state index contributed by atoms with van der Waals surface area (Å²) >= 11 is 0. The van der Waals surface area contributed by atoms with Crippen LogP contribution in [0.5, 0.6) is 0 Å². The average molecular weight is 331 g/mol. The molecule has 2 fully saturated rings. The molecule has 0 radical (unpaired) electrons. The van der Waals surface area contributed by atoms with E-state index in [0.717, 1.165) is 37.0 Å². The Balaban J connectivity index is 1.64. The molecule has 24 heavy (non-hydrogen) atoms. The third kappa shape index (κ3) is 2.22. The van der Waals surface area contributed by atoms with Gasteiger partial charge in [-0.3, -0.25) is 0 Å². The van der Waals surface area contributed by atoms with Gasteiger partial charge in [-0.15, -0.1) is 0 Å². The number of rotatable bonds is 2. The first-order chi connectivity index (χ1) is 11.4. The SMILES string of the molecule is C[C@H](CO)C1=CC[C@H]2[C@@H]3CC=C4C[C@@H](O)CC[C@]4(C)[C@H]3CC[C@]12C. The average Bonchev–Trinajstić information content (AvgIpc) is 2.92. The van der Waals surface area contributed by atoms with Crippen molar-refractivity contribution < 1.29 is 10.2 Å². The van der Waals surface area contributed by atoms with E-state index in [1.165, 1.54) is 31.3 Å². The Labute approximate surface area is 147 Å². The molecule has 0 aromatic rings. The molecule has 0 amide bonds. The van der Waals surface area contributed by atoms with Gasteiger partial charge in [-0.1, -0.05) is 44.1 Å². The lowest BCUT2D eigenvalue weighted by Gasteiger charge is -2.58. The van der Waals surface area contributed by atoms with Crippen LogP contribution in [0.4, 0.5) is 0 Å². The molecule has 0 heterocycles. The maximum atomic E-state index is 10.1. The van der Waals surface area contributed by atoms with Crippen molar-refractivity contribution in [1.29, 1.82) is 0 Å². The molecule has 134 valence electrons. The summed E-state index contributed by atoms with van der Waals surface area (Å²) < 4.78 is 0. The minimum absolute atomic E-state index is 0.111. The number of allylic oxidation sites excluding steroid dienone is 2. The van der Waals surface area contributed by atoms with Gasteiger partial charge in [0.2, 0.25) is 0 Å². The molecule has 2 saturated carbocycles. The van der Waals surface area contributed by atoms with Gasteiger partial charge in [0.1, 0.15) is 0 Å². The molecule has 0 aliphatic heterocycles. The minimum Gasteiger partial charge on any atom is -0.396 e. The van der Waals surface area contributed by atoms with Crippen LogP contribution < -0.4 is 0 Å². The van der Waals surface area contributed by atoms with Crippen LogP contribution in [0.3, 0.4) is 0 Å². The third-order valence-corrected chi connectivity index (χ3v) is 8.52. The number of aliphatic hydroxyl groups excluding tert-OH is 2. The van der Waals surface area contributed by atoms with Crippen LogP contribution in [-0.4, -0.2) is 22.9 Å². The van der Waals surface area contributed by atoms with Crippen molar-refractivity contribution in [2.75, 3.05) is 6.61 Å². The zero-order valence-electron chi connectivity index (χ0n) is 15.6. The fourth-order valence-electron chi connectivity index (χ4n) is 7.10. The summed E-state index contributed by atoms with van der Waals surface area (Å²) in [4.78, 5) is 0. The summed E-state index contributed by atoms with van der Waals surface area (Å²) in [5, 5.41) is 19.8. The van der Waals surface area contributed by atoms with Gasteiger partial charge < -0.3 is 10.2 Å². The summed E-state index contributed by atoms with van der Waals surface area (Å²) in [7, 11) is 0. The number of hydrogen-bond donors (Lipinski definition) is 2. The molecule has 2 heteroatoms. The molecular weight excluding hydrogens is 296 g/mol. The van der Waals surface area contributed by atoms with Gasteiger partial charge in [-0.05, 0) is 73.5 Å². The molecule has 4 rings (SSSR count). The molecule has 0 aromatic carbocycles. The van der Waals surface area contributed by atoms with Crippen molar-refractivity contribution in [1.82, 2.24) is 0 Å². The first-order valence-electron chi connectivity index (χ1n) is 10.1. The van der Waals surface area contributed by atoms with E-state index in [1.54, 1.807) is 5.57 Å². The van der Waals surface area contributed by atoms with Gasteiger partial charge in [-0.25, -0.2) is 0 Å². The summed E-state index contributed by atoms with van der Waals surface area (Å²) in [6.07, 6.45) is 12.9. The summed E-state index contributed by atoms with van der Waals surface area (Å²) in [5.41, 5.74) is 3.72. The Morgan fingerprint density at radius 3 is 2.58 bits per heavy atom. The Morgan fingerprint density at radius 2 is 1.83 bits per heavy atom. The van der Waals surface area contributed by atoms with Crippen molar-refractivity contribution in [3.05, 3.63) is 23.3 Å². The summed E-state index contributed by atoms with van der Waals surface area (Å²) in [6, 6.07) is 0. The predicted molar refractivity (Wildman–Crippen MR) is 97.4 cm³/mol. The molecule has 0 aromatic heterocycles. The van der Waals surface area contributed by atoms with Crippen molar-refractivity contribution in [3.8, 4) is 0 Å². The molecule has 4 aliphatic rings. The molecule has 0 bridgehead atoms. The second kappa shape index (κ2) is 5.71. The molecule has 7 atom stereocenters. The molecule has 4 aliphatic carbocycles. The highest BCUT2D eigenvalue weighted by atomic mass is 16.3. The van der Waals surface area contributed by atoms with E-state index in [1.807, 2.05) is 0 Å². The Morgan fingerprint density at radius 1 is 1.08 bits per heavy atom. The van der Waals surface area contributed by atoms with Gasteiger partial charge in [0.15, 0.2) is 0 Å². The van der Waals surface area contributed by atoms with E-state index >= 15 is 0 Å². The Kier molecular flexibility index (Phi) is 4.01. The fraction of sp³-hybridized carbons (Fsp3) is 0.818. The van der Waals surface area contributed by atoms with Crippen LogP contribution >= 0.6 is 0 Å². The third-order valence-electron chi connectivity index (χ3n) is 8.52. The highest BCUT2D eigenvalue weighted by molar-refractivity contribution is 5.31. The monoisotopic (exact) mass is 330 g/mol. The second-order valence-corrected chi connectivity index (χ2v) is 9.59. The fourth-order valence-corrected chi connectivity index (χ4v) is 7.10. The number of fused-ring (bicyclic) bond motifs is 5. The van der Waals surface area contributed by atoms with Crippen LogP contribution in [0.2, 0.25) is 0 Å². The number of hydrogen-bond acceptors (Lipinski definition) is 2. The molecule has 0 saturated heterocycles. The van der Waals surface area contributed by atoms with E-state index in [4.69, 9.17) is 0 Å². The zero-order chi connectivity index (χ0) is 17.1. The first kappa shape index (κ1) is 16.8. The van der Waals surface area contributed by atoms with Crippen LogP contribution in [-0.2, 0) is 0 Å². The standard InChI is InChI=1S/C22H34O2/c1-14(13-23)18-6-7-19-17-5-4-15-12-16(24)8-10-21(15,2)20(17)9-11-22(18,19)3/h4,6,14,16-17,19-20,23-24H,5,7-13H2,1-3H3/t14-,16+,17+,19+,20+,21+,22-/m1/s1. The van der Waals surface area contributed by atoms with E-state index in [-0.39, 0.29) is 12.7 Å². The van der Waals surface area contributed by atoms with E-state index in [2.05, 4.69) is 32.9 Å². The lowest BCUT2D eigenvalue weighted by molar-refractivity contribution is -0.0322. The molecule has 2 nitrogen and oxygen atoms in total. The minimum atomic E-state index is -0.111. The lowest BCUT2D eigenvalue weighted by Crippen LogP contribution is -2.50. The maximum absolute atomic E-state index is 10.1. The summed E-state index contributed by atoms with van der Waals surface area (Å²) in [5.74, 6) is 2.64. The van der Waals surface area contributed by atoms with Gasteiger partial charge in [0.05, 0.1) is 6.10 Å². The Bertz CT molecular complexity index is 577. The second-order valence-electron chi connectivity index (χ2n) is 9.59. The molecule has 0 unspecified atom stereocenters. The van der Waals surface area contributed by atoms with Gasteiger partial charge in [-0.2, -0.15) is 0 Å². The Hall–Kier alpha value is -0.600. The van der Waals surface area contributed by atoms with Gasteiger partial charge in [0.25, 0.3) is 0 Å². The summed E-state index contributed by atoms with van der Waals surface area (Å²) in [6.45, 7) is 7.44. The highest BCUT2D eigenvalue weighted by Gasteiger charge is 2.56. The first-order valence-corrected chi connectivity index (χ1v) is 10.1. The van der Waals surface area contributed by atoms with Crippen LogP contribution in [0.1, 0.15) is 65.7 Å². The van der Waals surface area contributed by atoms with Crippen LogP contribution in [0.15, 0.2) is 23.3 Å². The van der Waals surface area contributed by atoms with E-state index in [9.17, 15) is 10.2 Å². The van der Waals surface area contributed by atoms with Crippen molar-refractivity contribution >= 4 is 0 Å². The van der Waals surface area contributed by atoms with Gasteiger partial charge >= 0.3 is 0 Å². The molecular formula is C22H34O2. The van der Waals surface area contributed by atoms with E-state index in [0.29, 0.717) is 16.7 Å². The smallest absolute Gasteiger partial charge is 0.0577 e. The lowest BCUT2D eigenvalue weighted by atomic mass is 9.47. The maximum Gasteiger partial charge on any atom is 0.0577 e. The molecule has 2 N–H and O–H groups in total. The normalized spacial score (nSPS) is 48.7.